The van der Waals surface area contributed by atoms with Crippen molar-refractivity contribution in [3.8, 4) is 0 Å². The van der Waals surface area contributed by atoms with Gasteiger partial charge in [0, 0.05) is 12.3 Å². The second-order valence-corrected chi connectivity index (χ2v) is 13.3. The Hall–Kier alpha value is -2.55. The summed E-state index contributed by atoms with van der Waals surface area (Å²) in [7, 11) is -5.43. The molecular formula is C19H19F2N7O11P2S-2. The van der Waals surface area contributed by atoms with E-state index in [2.05, 4.69) is 15.0 Å². The molecule has 3 aromatic rings. The Morgan fingerprint density at radius 1 is 1.00 bits per heavy atom. The van der Waals surface area contributed by atoms with Gasteiger partial charge in [-0.15, -0.1) is 0 Å². The van der Waals surface area contributed by atoms with Gasteiger partial charge < -0.3 is 43.1 Å². The monoisotopic (exact) mass is 653 g/mol. The van der Waals surface area contributed by atoms with Crippen LogP contribution in [0.1, 0.15) is 12.5 Å². The maximum absolute atomic E-state index is 15.7. The summed E-state index contributed by atoms with van der Waals surface area (Å²) >= 11 is 4.90. The van der Waals surface area contributed by atoms with Gasteiger partial charge in [0.2, 0.25) is 0 Å². The van der Waals surface area contributed by atoms with E-state index in [1.807, 2.05) is 4.98 Å². The smallest absolute Gasteiger partial charge is 0.330 e. The fourth-order valence-electron chi connectivity index (χ4n) is 4.70. The number of hydrogen-bond acceptors (Lipinski definition) is 16. The molecule has 0 spiro atoms. The van der Waals surface area contributed by atoms with Crippen molar-refractivity contribution in [1.29, 1.82) is 0 Å². The number of fused-ring (bicyclic) bond motifs is 5. The molecule has 0 aliphatic carbocycles. The number of imidazole rings is 1. The van der Waals surface area contributed by atoms with Crippen LogP contribution in [0.2, 0.25) is 0 Å². The van der Waals surface area contributed by atoms with Crippen molar-refractivity contribution in [3.63, 3.8) is 0 Å². The summed E-state index contributed by atoms with van der Waals surface area (Å²) in [6, 6.07) is 0.917. The van der Waals surface area contributed by atoms with Gasteiger partial charge in [0.1, 0.15) is 43.0 Å². The zero-order valence-corrected chi connectivity index (χ0v) is 23.3. The standard InChI is InChI=1S/C19H21F2N7O11P2S/c20-10-8-4-35-41(33,42)39-14-11(21)7(36-17(14)27-2-1-9(29)26-19(27)30)3-34-40(31,32)38-13(10)18(37-8)28-6-25-12-15(22)23-5-24-16(12)28/h1-2,5-8,10-11,13-14,17-18H,3-4H2,(H,31,32)(H,33,42)(H2,22,23,24)(H,26,29,30)/p-2/t7-,8-,10-,11-,13-,14-,17-,18-,41?/m1/s1. The zero-order chi connectivity index (χ0) is 30.0. The number of nitrogens with two attached hydrogens (primary N) is 1. The molecule has 0 saturated carbocycles. The molecule has 42 heavy (non-hydrogen) atoms. The fraction of sp³-hybridized carbons (Fsp3) is 0.526. The van der Waals surface area contributed by atoms with Crippen molar-refractivity contribution in [3.05, 3.63) is 45.8 Å². The zero-order valence-electron chi connectivity index (χ0n) is 20.7. The molecule has 3 N–H and O–H groups in total. The Morgan fingerprint density at radius 2 is 1.64 bits per heavy atom. The average Bonchev–Trinajstić information content (AvgIpc) is 3.57. The number of aromatic amines is 1. The molecule has 18 nitrogen and oxygen atoms in total. The average molecular weight is 653 g/mol. The van der Waals surface area contributed by atoms with Crippen LogP contribution < -0.4 is 26.8 Å². The summed E-state index contributed by atoms with van der Waals surface area (Å²) in [5.41, 5.74) is 4.10. The number of nitrogens with one attached hydrogen (secondary N) is 1. The van der Waals surface area contributed by atoms with E-state index in [-0.39, 0.29) is 17.0 Å². The molecule has 3 aliphatic heterocycles. The van der Waals surface area contributed by atoms with E-state index >= 15 is 8.78 Å². The minimum atomic E-state index is -5.43. The van der Waals surface area contributed by atoms with Gasteiger partial charge in [-0.05, 0) is 0 Å². The molecular weight excluding hydrogens is 634 g/mol. The molecule has 3 aliphatic rings. The number of rotatable bonds is 2. The van der Waals surface area contributed by atoms with Crippen LogP contribution in [0.5, 0.6) is 0 Å². The van der Waals surface area contributed by atoms with Gasteiger partial charge >= 0.3 is 5.69 Å². The fourth-order valence-corrected chi connectivity index (χ4v) is 7.00. The van der Waals surface area contributed by atoms with Crippen LogP contribution in [0, 0.1) is 0 Å². The van der Waals surface area contributed by atoms with Crippen molar-refractivity contribution in [2.45, 2.75) is 49.2 Å². The lowest BCUT2D eigenvalue weighted by Gasteiger charge is -2.34. The number of anilines is 1. The summed E-state index contributed by atoms with van der Waals surface area (Å²) in [5.74, 6) is -0.0235. The topological polar surface area (TPSA) is 243 Å². The van der Waals surface area contributed by atoms with Crippen molar-refractivity contribution in [2.75, 3.05) is 18.9 Å². The molecule has 228 valence electrons. The van der Waals surface area contributed by atoms with Crippen LogP contribution in [0.25, 0.3) is 11.2 Å². The van der Waals surface area contributed by atoms with E-state index < -0.39 is 88.2 Å². The SMILES string of the molecule is Nc1ncnc2c1ncn2[C@@H]1O[C@@H]2COP([O-])(=S)O[C@@H]3[C@H](F)[C@@H](COP(=O)([O-])O[C@@H]1[C@@H]2F)O[C@H]3n1ccc(=O)[nH]c1=O. The second kappa shape index (κ2) is 10.9. The normalized spacial score (nSPS) is 39.3. The van der Waals surface area contributed by atoms with E-state index in [4.69, 9.17) is 45.1 Å². The minimum absolute atomic E-state index is 0.0235. The van der Waals surface area contributed by atoms with Gasteiger partial charge in [0.25, 0.3) is 13.4 Å². The van der Waals surface area contributed by atoms with Gasteiger partial charge in [0.15, 0.2) is 36.3 Å². The molecule has 6 rings (SSSR count). The third-order valence-electron chi connectivity index (χ3n) is 6.61. The largest absolute Gasteiger partial charge is 0.780 e. The van der Waals surface area contributed by atoms with Crippen LogP contribution in [0.3, 0.4) is 0 Å². The third kappa shape index (κ3) is 5.46. The van der Waals surface area contributed by atoms with Crippen LogP contribution >= 0.6 is 14.5 Å². The molecule has 2 unspecified atom stereocenters. The summed E-state index contributed by atoms with van der Waals surface area (Å²) in [6.45, 7) is -6.58. The first kappa shape index (κ1) is 29.5. The number of nitrogens with zero attached hydrogens (tertiary/aromatic N) is 5. The third-order valence-corrected chi connectivity index (χ3v) is 9.12. The van der Waals surface area contributed by atoms with Gasteiger partial charge in [-0.1, -0.05) is 11.8 Å². The highest BCUT2D eigenvalue weighted by molar-refractivity contribution is 8.06. The number of halogens is 2. The highest BCUT2D eigenvalue weighted by atomic mass is 32.5. The number of alkyl halides is 2. The Bertz CT molecular complexity index is 1730. The van der Waals surface area contributed by atoms with Gasteiger partial charge in [-0.25, -0.2) is 28.5 Å². The van der Waals surface area contributed by atoms with Crippen molar-refractivity contribution in [2.24, 2.45) is 0 Å². The molecule has 3 aromatic heterocycles. The predicted molar refractivity (Wildman–Crippen MR) is 132 cm³/mol. The number of phosphoric ester groups is 1. The van der Waals surface area contributed by atoms with E-state index in [1.165, 1.54) is 0 Å². The molecule has 10 atom stereocenters. The van der Waals surface area contributed by atoms with Gasteiger partial charge in [0.05, 0.1) is 19.5 Å². The van der Waals surface area contributed by atoms with Crippen molar-refractivity contribution >= 4 is 43.3 Å². The Labute approximate surface area is 237 Å². The summed E-state index contributed by atoms with van der Waals surface area (Å²) in [4.78, 5) is 63.5. The first-order valence-electron chi connectivity index (χ1n) is 11.9. The molecule has 0 aromatic carbocycles. The number of aromatic nitrogens is 6. The molecule has 0 amide bonds. The molecule has 3 fully saturated rings. The number of hydrogen-bond donors (Lipinski definition) is 2. The molecule has 23 heteroatoms. The number of nitrogen functional groups attached to an aromatic ring is 1. The molecule has 6 heterocycles. The molecule has 0 radical (unpaired) electrons. The minimum Gasteiger partial charge on any atom is -0.780 e. The highest BCUT2D eigenvalue weighted by Crippen LogP contribution is 2.51. The Kier molecular flexibility index (Phi) is 7.64. The Balaban J connectivity index is 1.34. The second-order valence-electron chi connectivity index (χ2n) is 9.25. The number of ether oxygens (including phenoxy) is 2. The highest BCUT2D eigenvalue weighted by Gasteiger charge is 2.52. The van der Waals surface area contributed by atoms with Gasteiger partial charge in [-0.2, -0.15) is 0 Å². The Morgan fingerprint density at radius 3 is 2.33 bits per heavy atom. The molecule has 3 saturated heterocycles. The maximum atomic E-state index is 15.7. The summed E-state index contributed by atoms with van der Waals surface area (Å²) in [5, 5.41) is 0. The van der Waals surface area contributed by atoms with Crippen LogP contribution in [0.4, 0.5) is 14.6 Å². The summed E-state index contributed by atoms with van der Waals surface area (Å²) < 4.78 is 77.2. The van der Waals surface area contributed by atoms with E-state index in [0.717, 1.165) is 29.5 Å². The number of phosphoric acid groups is 1. The molecule has 4 bridgehead atoms. The first-order chi connectivity index (χ1) is 19.8. The lowest BCUT2D eigenvalue weighted by Crippen LogP contribution is -2.39. The van der Waals surface area contributed by atoms with Crippen molar-refractivity contribution in [1.82, 2.24) is 29.1 Å². The lowest BCUT2D eigenvalue weighted by molar-refractivity contribution is -0.236. The first-order valence-corrected chi connectivity index (χ1v) is 16.0. The van der Waals surface area contributed by atoms with Crippen LogP contribution in [0.15, 0.2) is 34.5 Å². The van der Waals surface area contributed by atoms with Crippen LogP contribution in [-0.2, 0) is 43.9 Å². The van der Waals surface area contributed by atoms with E-state index in [9.17, 15) is 23.9 Å². The maximum Gasteiger partial charge on any atom is 0.330 e. The summed E-state index contributed by atoms with van der Waals surface area (Å²) in [6.07, 6.45) is -11.9. The van der Waals surface area contributed by atoms with Crippen LogP contribution in [-0.4, -0.2) is 79.0 Å². The quantitative estimate of drug-likeness (QED) is 0.293. The number of H-pyrrole nitrogens is 1. The predicted octanol–water partition coefficient (Wildman–Crippen LogP) is -1.70. The van der Waals surface area contributed by atoms with E-state index in [0.29, 0.717) is 4.57 Å². The van der Waals surface area contributed by atoms with E-state index in [1.54, 1.807) is 0 Å². The van der Waals surface area contributed by atoms with Gasteiger partial charge in [-0.3, -0.25) is 23.5 Å². The lowest BCUT2D eigenvalue weighted by atomic mass is 10.1. The van der Waals surface area contributed by atoms with Crippen molar-refractivity contribution < 1.29 is 50.7 Å².